The second-order valence-electron chi connectivity index (χ2n) is 16.7. The summed E-state index contributed by atoms with van der Waals surface area (Å²) in [5.41, 5.74) is 3.74. The molecule has 6 nitrogen and oxygen atoms in total. The lowest BCUT2D eigenvalue weighted by molar-refractivity contribution is 0.158. The average Bonchev–Trinajstić information content (AvgIpc) is 3.21. The fraction of sp³-hybridized carbons (Fsp3) is 0.725. The van der Waals surface area contributed by atoms with Crippen molar-refractivity contribution in [3.8, 4) is 0 Å². The van der Waals surface area contributed by atoms with Gasteiger partial charge in [0.1, 0.15) is 0 Å². The van der Waals surface area contributed by atoms with Gasteiger partial charge in [0.25, 0.3) is 0 Å². The minimum Gasteiger partial charge on any atom is -0.449 e. The van der Waals surface area contributed by atoms with Crippen LogP contribution in [0.1, 0.15) is 230 Å². The minimum atomic E-state index is -0.393. The van der Waals surface area contributed by atoms with Crippen LogP contribution in [0.2, 0.25) is 0 Å². The second-order valence-corrected chi connectivity index (χ2v) is 16.7. The predicted octanol–water partition coefficient (Wildman–Crippen LogP) is 16.9. The fourth-order valence-corrected chi connectivity index (χ4v) is 7.59. The highest BCUT2D eigenvalue weighted by molar-refractivity contribution is 5.85. The summed E-state index contributed by atoms with van der Waals surface area (Å²) in [5, 5.41) is 5.69. The van der Waals surface area contributed by atoms with Crippen molar-refractivity contribution >= 4 is 23.6 Å². The maximum absolute atomic E-state index is 12.3. The number of nitrogens with one attached hydrogen (secondary N) is 2. The van der Waals surface area contributed by atoms with Gasteiger partial charge in [0, 0.05) is 11.4 Å². The van der Waals surface area contributed by atoms with Crippen LogP contribution in [0.4, 0.5) is 21.0 Å². The molecule has 0 fully saturated rings. The Morgan fingerprint density at radius 3 is 0.825 bits per heavy atom. The van der Waals surface area contributed by atoms with E-state index in [0.717, 1.165) is 54.6 Å². The molecule has 0 unspecified atom stereocenters. The van der Waals surface area contributed by atoms with Gasteiger partial charge >= 0.3 is 12.2 Å². The van der Waals surface area contributed by atoms with E-state index in [-0.39, 0.29) is 0 Å². The van der Waals surface area contributed by atoms with Crippen molar-refractivity contribution in [3.63, 3.8) is 0 Å². The van der Waals surface area contributed by atoms with Crippen molar-refractivity contribution in [1.82, 2.24) is 0 Å². The summed E-state index contributed by atoms with van der Waals surface area (Å²) >= 11 is 0. The van der Waals surface area contributed by atoms with E-state index in [1.165, 1.54) is 180 Å². The molecule has 2 aromatic carbocycles. The van der Waals surface area contributed by atoms with Crippen LogP contribution in [-0.4, -0.2) is 25.4 Å². The Hall–Kier alpha value is -3.02. The molecule has 57 heavy (non-hydrogen) atoms. The zero-order chi connectivity index (χ0) is 40.7. The monoisotopic (exact) mass is 791 g/mol. The molecule has 0 aliphatic heterocycles. The normalized spacial score (nSPS) is 11.1. The first-order chi connectivity index (χ1) is 28.1. The molecule has 0 aliphatic carbocycles. The summed E-state index contributed by atoms with van der Waals surface area (Å²) in [6, 6.07) is 15.7. The van der Waals surface area contributed by atoms with E-state index >= 15 is 0 Å². The summed E-state index contributed by atoms with van der Waals surface area (Å²) in [6.45, 7) is 5.49. The number of carbonyl (C=O) groups excluding carboxylic acids is 2. The summed E-state index contributed by atoms with van der Waals surface area (Å²) in [6.07, 6.45) is 42.5. The summed E-state index contributed by atoms with van der Waals surface area (Å²) in [4.78, 5) is 24.6. The van der Waals surface area contributed by atoms with E-state index < -0.39 is 12.2 Å². The minimum absolute atomic E-state index is 0.393. The molecular formula is C51H86N2O4. The first kappa shape index (κ1) is 50.1. The molecule has 324 valence electrons. The Labute approximate surface area is 350 Å². The van der Waals surface area contributed by atoms with Gasteiger partial charge in [-0.1, -0.05) is 231 Å². The molecule has 0 aromatic heterocycles. The second kappa shape index (κ2) is 37.3. The van der Waals surface area contributed by atoms with Crippen LogP contribution in [-0.2, 0) is 15.9 Å². The largest absolute Gasteiger partial charge is 0.449 e. The molecule has 2 aromatic rings. The lowest BCUT2D eigenvalue weighted by atomic mass is 10.0. The number of rotatable bonds is 38. The predicted molar refractivity (Wildman–Crippen MR) is 245 cm³/mol. The van der Waals surface area contributed by atoms with Gasteiger partial charge < -0.3 is 9.47 Å². The van der Waals surface area contributed by atoms with Crippen LogP contribution in [0.3, 0.4) is 0 Å². The smallest absolute Gasteiger partial charge is 0.411 e. The lowest BCUT2D eigenvalue weighted by Crippen LogP contribution is -2.14. The van der Waals surface area contributed by atoms with Crippen molar-refractivity contribution in [2.24, 2.45) is 0 Å². The number of anilines is 2. The van der Waals surface area contributed by atoms with Gasteiger partial charge in [-0.3, -0.25) is 10.6 Å². The highest BCUT2D eigenvalue weighted by atomic mass is 16.6. The average molecular weight is 791 g/mol. The Balaban J connectivity index is 1.41. The quantitative estimate of drug-likeness (QED) is 0.0664. The fourth-order valence-electron chi connectivity index (χ4n) is 7.59. The summed E-state index contributed by atoms with van der Waals surface area (Å²) in [5.74, 6) is 0. The maximum atomic E-state index is 12.3. The molecule has 0 saturated carbocycles. The van der Waals surface area contributed by atoms with E-state index in [4.69, 9.17) is 9.47 Å². The van der Waals surface area contributed by atoms with Crippen molar-refractivity contribution < 1.29 is 19.1 Å². The van der Waals surface area contributed by atoms with E-state index in [1.807, 2.05) is 48.5 Å². The van der Waals surface area contributed by atoms with Crippen LogP contribution in [0.15, 0.2) is 48.5 Å². The molecule has 2 rings (SSSR count). The maximum Gasteiger partial charge on any atom is 0.411 e. The van der Waals surface area contributed by atoms with E-state index in [2.05, 4.69) is 24.5 Å². The van der Waals surface area contributed by atoms with Crippen LogP contribution in [0, 0.1) is 0 Å². The first-order valence-electron chi connectivity index (χ1n) is 24.2. The van der Waals surface area contributed by atoms with E-state index in [1.54, 1.807) is 0 Å². The molecule has 0 saturated heterocycles. The van der Waals surface area contributed by atoms with Crippen LogP contribution in [0.25, 0.3) is 0 Å². The topological polar surface area (TPSA) is 76.7 Å². The van der Waals surface area contributed by atoms with E-state index in [0.29, 0.717) is 13.2 Å². The van der Waals surface area contributed by atoms with Gasteiger partial charge in [0.2, 0.25) is 0 Å². The molecule has 0 heterocycles. The molecule has 0 aliphatic rings. The zero-order valence-electron chi connectivity index (χ0n) is 37.0. The molecule has 2 N–H and O–H groups in total. The first-order valence-corrected chi connectivity index (χ1v) is 24.2. The van der Waals surface area contributed by atoms with Gasteiger partial charge in [-0.25, -0.2) is 9.59 Å². The SMILES string of the molecule is CCCCCCCCCCCCCCCCCCOC(=O)Nc1ccc(Cc2ccc(NC(=O)OCCCCCCCCCCCCCCCCCC)cc2)cc1. The number of hydrogen-bond acceptors (Lipinski definition) is 4. The number of hydrogen-bond donors (Lipinski definition) is 2. The summed E-state index contributed by atoms with van der Waals surface area (Å²) < 4.78 is 10.8. The molecule has 6 heteroatoms. The molecule has 0 radical (unpaired) electrons. The standard InChI is InChI=1S/C51H86N2O4/c1-3-5-7-9-11-13-15-17-19-21-23-25-27-29-31-33-43-56-50(54)52-48-39-35-46(36-40-48)45-47-37-41-49(42-38-47)53-51(55)57-44-34-32-30-28-26-24-22-20-18-16-14-12-10-8-6-4-2/h35-42H,3-34,43-45H2,1-2H3,(H,52,54)(H,53,55). The third-order valence-corrected chi connectivity index (χ3v) is 11.3. The Bertz CT molecular complexity index is 1110. The molecule has 0 spiro atoms. The molecule has 0 bridgehead atoms. The highest BCUT2D eigenvalue weighted by Crippen LogP contribution is 2.18. The van der Waals surface area contributed by atoms with Gasteiger partial charge in [0.15, 0.2) is 0 Å². The number of unbranched alkanes of at least 4 members (excludes halogenated alkanes) is 30. The van der Waals surface area contributed by atoms with Gasteiger partial charge in [0.05, 0.1) is 13.2 Å². The van der Waals surface area contributed by atoms with Crippen molar-refractivity contribution in [2.45, 2.75) is 226 Å². The van der Waals surface area contributed by atoms with Gasteiger partial charge in [-0.15, -0.1) is 0 Å². The Morgan fingerprint density at radius 2 is 0.579 bits per heavy atom. The van der Waals surface area contributed by atoms with Crippen molar-refractivity contribution in [1.29, 1.82) is 0 Å². The number of amides is 2. The third kappa shape index (κ3) is 30.7. The molecule has 0 atom stereocenters. The van der Waals surface area contributed by atoms with Gasteiger partial charge in [-0.05, 0) is 54.7 Å². The van der Waals surface area contributed by atoms with Crippen molar-refractivity contribution in [3.05, 3.63) is 59.7 Å². The van der Waals surface area contributed by atoms with Crippen LogP contribution in [0.5, 0.6) is 0 Å². The van der Waals surface area contributed by atoms with Crippen LogP contribution < -0.4 is 10.6 Å². The number of ether oxygens (including phenoxy) is 2. The number of benzene rings is 2. The molecule has 2 amide bonds. The van der Waals surface area contributed by atoms with E-state index in [9.17, 15) is 9.59 Å². The summed E-state index contributed by atoms with van der Waals surface area (Å²) in [7, 11) is 0. The van der Waals surface area contributed by atoms with Crippen molar-refractivity contribution in [2.75, 3.05) is 23.8 Å². The zero-order valence-corrected chi connectivity index (χ0v) is 37.0. The van der Waals surface area contributed by atoms with Gasteiger partial charge in [-0.2, -0.15) is 0 Å². The highest BCUT2D eigenvalue weighted by Gasteiger charge is 2.06. The third-order valence-electron chi connectivity index (χ3n) is 11.3. The number of carbonyl (C=O) groups is 2. The Kier molecular flexibility index (Phi) is 32.8. The lowest BCUT2D eigenvalue weighted by Gasteiger charge is -2.09. The molecular weight excluding hydrogens is 705 g/mol. The Morgan fingerprint density at radius 1 is 0.351 bits per heavy atom. The van der Waals surface area contributed by atoms with Crippen LogP contribution >= 0.6 is 0 Å².